The lowest BCUT2D eigenvalue weighted by Gasteiger charge is -2.00. The maximum atomic E-state index is 10.6. The van der Waals surface area contributed by atoms with Crippen LogP contribution in [0.2, 0.25) is 0 Å². The van der Waals surface area contributed by atoms with E-state index in [1.807, 2.05) is 0 Å². The van der Waals surface area contributed by atoms with E-state index in [4.69, 9.17) is 0 Å². The number of nitrogens with zero attached hydrogens (tertiary/aromatic N) is 3. The maximum absolute atomic E-state index is 10.6. The summed E-state index contributed by atoms with van der Waals surface area (Å²) in [6, 6.07) is 7.77. The molecule has 0 saturated heterocycles. The molecule has 0 amide bonds. The minimum absolute atomic E-state index is 0.0246. The molecule has 0 atom stereocenters. The first-order valence-corrected chi connectivity index (χ1v) is 5.25. The van der Waals surface area contributed by atoms with Gasteiger partial charge in [-0.25, -0.2) is 4.57 Å². The van der Waals surface area contributed by atoms with Crippen LogP contribution in [0.3, 0.4) is 0 Å². The molecule has 0 unspecified atom stereocenters. The Bertz CT molecular complexity index is 581. The second-order valence-corrected chi connectivity index (χ2v) is 3.57. The van der Waals surface area contributed by atoms with Gasteiger partial charge in [0.05, 0.1) is 16.7 Å². The molecule has 0 spiro atoms. The van der Waals surface area contributed by atoms with Crippen molar-refractivity contribution in [3.05, 3.63) is 52.8 Å². The molecule has 2 rings (SSSR count). The Kier molecular flexibility index (Phi) is 3.38. The smallest absolute Gasteiger partial charge is 0.299 e. The van der Waals surface area contributed by atoms with Crippen molar-refractivity contribution < 1.29 is 14.3 Å². The van der Waals surface area contributed by atoms with Crippen molar-refractivity contribution >= 4 is 12.0 Å². The van der Waals surface area contributed by atoms with Crippen LogP contribution < -0.4 is 4.57 Å². The van der Waals surface area contributed by atoms with Gasteiger partial charge in [0.1, 0.15) is 12.7 Å². The summed E-state index contributed by atoms with van der Waals surface area (Å²) in [5.74, 6) is 0.597. The summed E-state index contributed by atoms with van der Waals surface area (Å²) in [5, 5.41) is 10.6. The van der Waals surface area contributed by atoms with Gasteiger partial charge in [-0.3, -0.25) is 14.9 Å². The van der Waals surface area contributed by atoms with E-state index in [1.165, 1.54) is 12.1 Å². The van der Waals surface area contributed by atoms with Crippen molar-refractivity contribution in [2.24, 2.45) is 0 Å². The van der Waals surface area contributed by atoms with Crippen LogP contribution in [0.1, 0.15) is 0 Å². The Balaban J connectivity index is 2.42. The fourth-order valence-corrected chi connectivity index (χ4v) is 1.60. The lowest BCUT2D eigenvalue weighted by atomic mass is 10.2. The van der Waals surface area contributed by atoms with Crippen LogP contribution in [0.5, 0.6) is 0 Å². The molecule has 0 fully saturated rings. The summed E-state index contributed by atoms with van der Waals surface area (Å²) in [6.07, 6.45) is 4.12. The molecule has 6 heteroatoms. The SMILES string of the molecule is O=CC[n+]1cccnc1-c1ccc([N+](=O)[O-])cc1. The lowest BCUT2D eigenvalue weighted by Crippen LogP contribution is -2.37. The predicted molar refractivity (Wildman–Crippen MR) is 62.6 cm³/mol. The molecule has 0 bridgehead atoms. The predicted octanol–water partition coefficient (Wildman–Crippen LogP) is 1.14. The van der Waals surface area contributed by atoms with Gasteiger partial charge in [0.15, 0.2) is 6.29 Å². The Labute approximate surface area is 103 Å². The van der Waals surface area contributed by atoms with Gasteiger partial charge < -0.3 is 0 Å². The Morgan fingerprint density at radius 1 is 1.33 bits per heavy atom. The highest BCUT2D eigenvalue weighted by Gasteiger charge is 2.15. The molecule has 0 radical (unpaired) electrons. The monoisotopic (exact) mass is 244 g/mol. The molecule has 18 heavy (non-hydrogen) atoms. The number of carbonyl (C=O) groups is 1. The number of hydrogen-bond acceptors (Lipinski definition) is 4. The fourth-order valence-electron chi connectivity index (χ4n) is 1.60. The molecule has 2 aromatic rings. The van der Waals surface area contributed by atoms with Crippen molar-refractivity contribution in [3.63, 3.8) is 0 Å². The molecule has 0 aliphatic carbocycles. The van der Waals surface area contributed by atoms with E-state index in [2.05, 4.69) is 4.98 Å². The molecule has 0 aliphatic rings. The number of rotatable bonds is 4. The van der Waals surface area contributed by atoms with Gasteiger partial charge in [-0.15, -0.1) is 0 Å². The van der Waals surface area contributed by atoms with E-state index in [-0.39, 0.29) is 12.2 Å². The third kappa shape index (κ3) is 2.37. The number of nitro groups is 1. The number of aldehydes is 1. The Hall–Kier alpha value is -2.63. The van der Waals surface area contributed by atoms with Gasteiger partial charge in [0.25, 0.3) is 5.69 Å². The highest BCUT2D eigenvalue weighted by molar-refractivity contribution is 5.55. The van der Waals surface area contributed by atoms with Crippen molar-refractivity contribution in [1.82, 2.24) is 4.98 Å². The average molecular weight is 244 g/mol. The molecule has 1 aromatic heterocycles. The standard InChI is InChI=1S/C12H10N3O3/c16-9-8-14-7-1-6-13-12(14)10-2-4-11(5-3-10)15(17)18/h1-7,9H,8H2/q+1. The second kappa shape index (κ2) is 5.13. The second-order valence-electron chi connectivity index (χ2n) is 3.57. The quantitative estimate of drug-likeness (QED) is 0.350. The average Bonchev–Trinajstić information content (AvgIpc) is 2.40. The summed E-state index contributed by atoms with van der Waals surface area (Å²) in [6.45, 7) is 0.195. The maximum Gasteiger partial charge on any atom is 0.330 e. The van der Waals surface area contributed by atoms with Crippen molar-refractivity contribution in [3.8, 4) is 11.4 Å². The van der Waals surface area contributed by atoms with Crippen LogP contribution in [-0.2, 0) is 11.3 Å². The molecule has 6 nitrogen and oxygen atoms in total. The largest absolute Gasteiger partial charge is 0.330 e. The van der Waals surface area contributed by atoms with Crippen LogP contribution in [-0.4, -0.2) is 16.2 Å². The summed E-state index contributed by atoms with van der Waals surface area (Å²) in [5.41, 5.74) is 0.750. The first-order chi connectivity index (χ1) is 8.72. The van der Waals surface area contributed by atoms with Crippen LogP contribution in [0, 0.1) is 10.1 Å². The van der Waals surface area contributed by atoms with Gasteiger partial charge in [-0.1, -0.05) is 0 Å². The number of aromatic nitrogens is 2. The normalized spacial score (nSPS) is 10.0. The summed E-state index contributed by atoms with van der Waals surface area (Å²) < 4.78 is 1.67. The van der Waals surface area contributed by atoms with Gasteiger partial charge in [0.2, 0.25) is 0 Å². The van der Waals surface area contributed by atoms with Crippen molar-refractivity contribution in [2.45, 2.75) is 6.54 Å². The van der Waals surface area contributed by atoms with E-state index in [1.54, 1.807) is 35.2 Å². The van der Waals surface area contributed by atoms with E-state index >= 15 is 0 Å². The van der Waals surface area contributed by atoms with Crippen LogP contribution >= 0.6 is 0 Å². The topological polar surface area (TPSA) is 77.0 Å². The molecular formula is C12H10N3O3+. The fraction of sp³-hybridized carbons (Fsp3) is 0.0833. The minimum Gasteiger partial charge on any atom is -0.299 e. The van der Waals surface area contributed by atoms with E-state index < -0.39 is 4.92 Å². The number of non-ortho nitro benzene ring substituents is 1. The van der Waals surface area contributed by atoms with E-state index in [0.717, 1.165) is 11.8 Å². The summed E-state index contributed by atoms with van der Waals surface area (Å²) in [4.78, 5) is 24.8. The van der Waals surface area contributed by atoms with E-state index in [0.29, 0.717) is 5.82 Å². The van der Waals surface area contributed by atoms with Crippen molar-refractivity contribution in [2.75, 3.05) is 0 Å². The molecule has 0 aliphatic heterocycles. The van der Waals surface area contributed by atoms with Gasteiger partial charge in [-0.05, 0) is 17.1 Å². The molecule has 1 aromatic carbocycles. The number of benzene rings is 1. The van der Waals surface area contributed by atoms with Gasteiger partial charge in [-0.2, -0.15) is 0 Å². The minimum atomic E-state index is -0.457. The lowest BCUT2D eigenvalue weighted by molar-refractivity contribution is -0.674. The third-order valence-corrected chi connectivity index (χ3v) is 2.43. The number of nitro benzene ring substituents is 1. The van der Waals surface area contributed by atoms with Gasteiger partial charge in [0, 0.05) is 18.2 Å². The highest BCUT2D eigenvalue weighted by Crippen LogP contribution is 2.17. The molecule has 0 N–H and O–H groups in total. The molecule has 90 valence electrons. The zero-order valence-corrected chi connectivity index (χ0v) is 9.39. The van der Waals surface area contributed by atoms with E-state index in [9.17, 15) is 14.9 Å². The van der Waals surface area contributed by atoms with Crippen LogP contribution in [0.4, 0.5) is 5.69 Å². The van der Waals surface area contributed by atoms with Crippen LogP contribution in [0.25, 0.3) is 11.4 Å². The summed E-state index contributed by atoms with van der Waals surface area (Å²) in [7, 11) is 0. The Morgan fingerprint density at radius 2 is 2.06 bits per heavy atom. The van der Waals surface area contributed by atoms with Gasteiger partial charge >= 0.3 is 5.82 Å². The zero-order chi connectivity index (χ0) is 13.0. The third-order valence-electron chi connectivity index (χ3n) is 2.43. The van der Waals surface area contributed by atoms with Crippen molar-refractivity contribution in [1.29, 1.82) is 0 Å². The molecule has 0 saturated carbocycles. The highest BCUT2D eigenvalue weighted by atomic mass is 16.6. The zero-order valence-electron chi connectivity index (χ0n) is 9.39. The summed E-state index contributed by atoms with van der Waals surface area (Å²) >= 11 is 0. The molecule has 1 heterocycles. The Morgan fingerprint density at radius 3 is 2.67 bits per heavy atom. The first-order valence-electron chi connectivity index (χ1n) is 5.25. The first kappa shape index (κ1) is 11.8. The molecular weight excluding hydrogens is 234 g/mol. The number of carbonyl (C=O) groups excluding carboxylic acids is 1. The number of hydrogen-bond donors (Lipinski definition) is 0. The van der Waals surface area contributed by atoms with Crippen LogP contribution in [0.15, 0.2) is 42.7 Å².